The number of ether oxygens (including phenoxy) is 1. The van der Waals surface area contributed by atoms with Gasteiger partial charge in [-0.25, -0.2) is 4.79 Å². The van der Waals surface area contributed by atoms with E-state index in [1.54, 1.807) is 0 Å². The quantitative estimate of drug-likeness (QED) is 0.104. The third-order valence-electron chi connectivity index (χ3n) is 7.14. The standard InChI is InChI=1S/C30H50NO2/c1-3-4-5-6-7-8-9-10-11-18-25-33-30(32)27-31(22-16-13-17-23-31)24-21-28(2)26-29-19-14-12-15-20-29/h12,14-15,19-21H,3-11,13,16-18,22-27H2,1-2H3/q+1/b28-21+. The summed E-state index contributed by atoms with van der Waals surface area (Å²) in [4.78, 5) is 12.7. The van der Waals surface area contributed by atoms with Crippen molar-refractivity contribution in [3.05, 3.63) is 47.5 Å². The molecule has 0 amide bonds. The number of esters is 1. The van der Waals surface area contributed by atoms with Gasteiger partial charge in [-0.1, -0.05) is 101 Å². The average Bonchev–Trinajstić information content (AvgIpc) is 2.82. The summed E-state index contributed by atoms with van der Waals surface area (Å²) in [5.74, 6) is 0.00179. The van der Waals surface area contributed by atoms with Crippen LogP contribution in [0.1, 0.15) is 103 Å². The van der Waals surface area contributed by atoms with Crippen LogP contribution in [-0.2, 0) is 16.0 Å². The van der Waals surface area contributed by atoms with Crippen LogP contribution in [0.3, 0.4) is 0 Å². The Labute approximate surface area is 204 Å². The smallest absolute Gasteiger partial charge is 0.361 e. The SMILES string of the molecule is CCCCCCCCCCCCOC(=O)C[N+]1(C/C=C(\C)Cc2ccccc2)CCCCC1. The molecule has 1 aromatic carbocycles. The molecule has 0 aromatic heterocycles. The van der Waals surface area contributed by atoms with Crippen molar-refractivity contribution in [3.63, 3.8) is 0 Å². The number of quaternary nitrogens is 1. The van der Waals surface area contributed by atoms with Gasteiger partial charge in [0.05, 0.1) is 26.2 Å². The molecule has 0 saturated carbocycles. The van der Waals surface area contributed by atoms with Gasteiger partial charge in [0.2, 0.25) is 0 Å². The summed E-state index contributed by atoms with van der Waals surface area (Å²) < 4.78 is 6.55. The highest BCUT2D eigenvalue weighted by Crippen LogP contribution is 2.20. The lowest BCUT2D eigenvalue weighted by molar-refractivity contribution is -0.920. The zero-order chi connectivity index (χ0) is 23.6. The van der Waals surface area contributed by atoms with Crippen LogP contribution >= 0.6 is 0 Å². The summed E-state index contributed by atoms with van der Waals surface area (Å²) in [6, 6.07) is 10.6. The highest BCUT2D eigenvalue weighted by atomic mass is 16.5. The topological polar surface area (TPSA) is 26.3 Å². The third-order valence-corrected chi connectivity index (χ3v) is 7.14. The average molecular weight is 457 g/mol. The molecule has 1 fully saturated rings. The van der Waals surface area contributed by atoms with Crippen LogP contribution < -0.4 is 0 Å². The molecule has 0 atom stereocenters. The van der Waals surface area contributed by atoms with E-state index < -0.39 is 0 Å². The van der Waals surface area contributed by atoms with Crippen molar-refractivity contribution in [2.24, 2.45) is 0 Å². The molecule has 0 radical (unpaired) electrons. The normalized spacial score (nSPS) is 16.0. The number of unbranched alkanes of at least 4 members (excludes halogenated alkanes) is 9. The zero-order valence-electron chi connectivity index (χ0n) is 21.7. The molecule has 0 spiro atoms. The fraction of sp³-hybridized carbons (Fsp3) is 0.700. The zero-order valence-corrected chi connectivity index (χ0v) is 21.7. The number of carbonyl (C=O) groups excluding carboxylic acids is 1. The van der Waals surface area contributed by atoms with E-state index in [0.29, 0.717) is 13.2 Å². The Bertz CT molecular complexity index is 661. The molecule has 0 unspecified atom stereocenters. The van der Waals surface area contributed by atoms with E-state index in [1.807, 2.05) is 0 Å². The molecule has 2 rings (SSSR count). The van der Waals surface area contributed by atoms with Crippen LogP contribution in [-0.4, -0.2) is 43.2 Å². The van der Waals surface area contributed by atoms with E-state index in [-0.39, 0.29) is 5.97 Å². The number of rotatable bonds is 17. The molecule has 1 aromatic rings. The Morgan fingerprint density at radius 1 is 0.879 bits per heavy atom. The van der Waals surface area contributed by atoms with Gasteiger partial charge in [-0.05, 0) is 50.7 Å². The van der Waals surface area contributed by atoms with E-state index in [4.69, 9.17) is 4.74 Å². The summed E-state index contributed by atoms with van der Waals surface area (Å²) in [5.41, 5.74) is 2.75. The van der Waals surface area contributed by atoms with Gasteiger partial charge < -0.3 is 9.22 Å². The molecule has 3 nitrogen and oxygen atoms in total. The van der Waals surface area contributed by atoms with Crippen molar-refractivity contribution in [1.82, 2.24) is 0 Å². The predicted octanol–water partition coefficient (Wildman–Crippen LogP) is 7.64. The first kappa shape index (κ1) is 27.6. The van der Waals surface area contributed by atoms with Crippen molar-refractivity contribution in [2.45, 2.75) is 104 Å². The minimum absolute atomic E-state index is 0.00179. The minimum atomic E-state index is 0.00179. The third kappa shape index (κ3) is 12.4. The van der Waals surface area contributed by atoms with Crippen molar-refractivity contribution < 1.29 is 14.0 Å². The fourth-order valence-corrected chi connectivity index (χ4v) is 5.02. The number of allylic oxidation sites excluding steroid dienone is 1. The van der Waals surface area contributed by atoms with Crippen molar-refractivity contribution in [1.29, 1.82) is 0 Å². The van der Waals surface area contributed by atoms with Gasteiger partial charge in [-0.15, -0.1) is 0 Å². The number of likely N-dealkylation sites (tertiary alicyclic amines) is 1. The first-order chi connectivity index (χ1) is 16.1. The van der Waals surface area contributed by atoms with Gasteiger partial charge in [-0.2, -0.15) is 0 Å². The molecule has 1 heterocycles. The maximum Gasteiger partial charge on any atom is 0.361 e. The monoisotopic (exact) mass is 456 g/mol. The van der Waals surface area contributed by atoms with Gasteiger partial charge in [-0.3, -0.25) is 0 Å². The van der Waals surface area contributed by atoms with Crippen molar-refractivity contribution in [3.8, 4) is 0 Å². The number of carbonyl (C=O) groups is 1. The van der Waals surface area contributed by atoms with Gasteiger partial charge >= 0.3 is 5.97 Å². The molecule has 0 N–H and O–H groups in total. The number of nitrogens with zero attached hydrogens (tertiary/aromatic N) is 1. The fourth-order valence-electron chi connectivity index (χ4n) is 5.02. The molecule has 1 aliphatic rings. The first-order valence-electron chi connectivity index (χ1n) is 13.8. The number of hydrogen-bond acceptors (Lipinski definition) is 2. The molecular weight excluding hydrogens is 406 g/mol. The Kier molecular flexibility index (Phi) is 14.2. The summed E-state index contributed by atoms with van der Waals surface area (Å²) in [7, 11) is 0. The molecule has 3 heteroatoms. The Morgan fingerprint density at radius 3 is 2.12 bits per heavy atom. The maximum absolute atomic E-state index is 12.7. The second-order valence-electron chi connectivity index (χ2n) is 10.3. The molecule has 33 heavy (non-hydrogen) atoms. The van der Waals surface area contributed by atoms with Crippen LogP contribution in [0.15, 0.2) is 42.0 Å². The lowest BCUT2D eigenvalue weighted by atomic mass is 10.0. The minimum Gasteiger partial charge on any atom is -0.462 e. The summed E-state index contributed by atoms with van der Waals surface area (Å²) in [6.45, 7) is 8.77. The number of hydrogen-bond donors (Lipinski definition) is 0. The predicted molar refractivity (Wildman–Crippen MR) is 140 cm³/mol. The lowest BCUT2D eigenvalue weighted by Crippen LogP contribution is -2.54. The second-order valence-corrected chi connectivity index (χ2v) is 10.3. The van der Waals surface area contributed by atoms with E-state index in [2.05, 4.69) is 50.3 Å². The first-order valence-corrected chi connectivity index (χ1v) is 13.8. The Hall–Kier alpha value is -1.61. The van der Waals surface area contributed by atoms with E-state index in [1.165, 1.54) is 88.2 Å². The maximum atomic E-state index is 12.7. The van der Waals surface area contributed by atoms with Crippen LogP contribution in [0.25, 0.3) is 0 Å². The van der Waals surface area contributed by atoms with Crippen LogP contribution in [0.5, 0.6) is 0 Å². The number of piperidine rings is 1. The Morgan fingerprint density at radius 2 is 1.48 bits per heavy atom. The van der Waals surface area contributed by atoms with Crippen LogP contribution in [0.2, 0.25) is 0 Å². The second kappa shape index (κ2) is 16.9. The molecule has 0 aliphatic carbocycles. The molecule has 1 aliphatic heterocycles. The van der Waals surface area contributed by atoms with Crippen LogP contribution in [0, 0.1) is 0 Å². The highest BCUT2D eigenvalue weighted by Gasteiger charge is 2.32. The van der Waals surface area contributed by atoms with E-state index in [9.17, 15) is 4.79 Å². The van der Waals surface area contributed by atoms with Gasteiger partial charge in [0.25, 0.3) is 0 Å². The van der Waals surface area contributed by atoms with E-state index in [0.717, 1.165) is 37.0 Å². The molecule has 186 valence electrons. The lowest BCUT2D eigenvalue weighted by Gasteiger charge is -2.40. The van der Waals surface area contributed by atoms with Gasteiger partial charge in [0, 0.05) is 0 Å². The summed E-state index contributed by atoms with van der Waals surface area (Å²) in [5, 5.41) is 0. The molecular formula is C30H50NO2+. The largest absolute Gasteiger partial charge is 0.462 e. The highest BCUT2D eigenvalue weighted by molar-refractivity contribution is 5.70. The van der Waals surface area contributed by atoms with Crippen LogP contribution in [0.4, 0.5) is 0 Å². The number of benzene rings is 1. The Balaban J connectivity index is 1.65. The molecule has 0 bridgehead atoms. The van der Waals surface area contributed by atoms with Crippen molar-refractivity contribution >= 4 is 5.97 Å². The van der Waals surface area contributed by atoms with E-state index >= 15 is 0 Å². The van der Waals surface area contributed by atoms with Crippen molar-refractivity contribution in [2.75, 3.05) is 32.8 Å². The summed E-state index contributed by atoms with van der Waals surface area (Å²) in [6.07, 6.45) is 20.1. The summed E-state index contributed by atoms with van der Waals surface area (Å²) >= 11 is 0. The van der Waals surface area contributed by atoms with Gasteiger partial charge in [0.15, 0.2) is 6.54 Å². The van der Waals surface area contributed by atoms with Gasteiger partial charge in [0.1, 0.15) is 0 Å². The molecule has 1 saturated heterocycles.